The topological polar surface area (TPSA) is 42.2 Å². The molecule has 0 atom stereocenters. The van der Waals surface area contributed by atoms with Gasteiger partial charge in [-0.25, -0.2) is 9.97 Å². The quantitative estimate of drug-likeness (QED) is 0.163. The van der Waals surface area contributed by atoms with E-state index in [1.165, 1.54) is 4.70 Å². The summed E-state index contributed by atoms with van der Waals surface area (Å²) >= 11 is 1.75. The van der Waals surface area contributed by atoms with Crippen molar-refractivity contribution in [3.05, 3.63) is 200 Å². The number of fused-ring (bicyclic) bond motifs is 6. The van der Waals surface area contributed by atoms with Gasteiger partial charge < -0.3 is 9.32 Å². The Bertz CT molecular complexity index is 3170. The van der Waals surface area contributed by atoms with E-state index in [1.54, 1.807) is 11.3 Å². The van der Waals surface area contributed by atoms with Gasteiger partial charge in [-0.1, -0.05) is 140 Å². The highest BCUT2D eigenvalue weighted by Crippen LogP contribution is 2.42. The van der Waals surface area contributed by atoms with Gasteiger partial charge in [-0.2, -0.15) is 0 Å². The van der Waals surface area contributed by atoms with Crippen molar-refractivity contribution in [2.24, 2.45) is 0 Å². The Morgan fingerprint density at radius 1 is 0.421 bits per heavy atom. The summed E-state index contributed by atoms with van der Waals surface area (Å²) in [4.78, 5) is 12.6. The second-order valence-corrected chi connectivity index (χ2v) is 15.2. The molecular formula is C52H33N3OS. The molecule has 0 spiro atoms. The first kappa shape index (κ1) is 33.0. The molecule has 0 fully saturated rings. The van der Waals surface area contributed by atoms with Crippen LogP contribution in [0.1, 0.15) is 0 Å². The van der Waals surface area contributed by atoms with Crippen LogP contribution in [0.3, 0.4) is 0 Å². The molecule has 4 nitrogen and oxygen atoms in total. The third kappa shape index (κ3) is 5.84. The zero-order valence-electron chi connectivity index (χ0n) is 30.7. The van der Waals surface area contributed by atoms with E-state index in [4.69, 9.17) is 14.4 Å². The molecule has 0 aliphatic rings. The lowest BCUT2D eigenvalue weighted by molar-refractivity contribution is 0.669. The number of rotatable bonds is 7. The SMILES string of the molecule is c1ccc(-c2nc(-c3ccc(-c4cccc5oc6cc(-c7ccc(N(c8ccccc8)c8ccccc8)cc7)ccc6c45)cc3)nc3c2sc2ccccc23)cc1. The molecule has 3 heterocycles. The summed E-state index contributed by atoms with van der Waals surface area (Å²) in [5.74, 6) is 0.719. The van der Waals surface area contributed by atoms with Gasteiger partial charge in [0.15, 0.2) is 5.82 Å². The lowest BCUT2D eigenvalue weighted by Gasteiger charge is -2.25. The van der Waals surface area contributed by atoms with Crippen LogP contribution in [0, 0.1) is 0 Å². The number of para-hydroxylation sites is 2. The van der Waals surface area contributed by atoms with Gasteiger partial charge in [-0.15, -0.1) is 11.3 Å². The Morgan fingerprint density at radius 2 is 1.04 bits per heavy atom. The fourth-order valence-electron chi connectivity index (χ4n) is 7.96. The minimum absolute atomic E-state index is 0.719. The number of anilines is 3. The Kier molecular flexibility index (Phi) is 7.97. The summed E-state index contributed by atoms with van der Waals surface area (Å²) < 4.78 is 8.87. The lowest BCUT2D eigenvalue weighted by atomic mass is 9.97. The van der Waals surface area contributed by atoms with E-state index >= 15 is 0 Å². The van der Waals surface area contributed by atoms with Crippen LogP contribution in [-0.4, -0.2) is 9.97 Å². The second-order valence-electron chi connectivity index (χ2n) is 14.2. The average molecular weight is 748 g/mol. The molecule has 57 heavy (non-hydrogen) atoms. The number of hydrogen-bond donors (Lipinski definition) is 0. The maximum Gasteiger partial charge on any atom is 0.160 e. The molecule has 0 bridgehead atoms. The summed E-state index contributed by atoms with van der Waals surface area (Å²) in [7, 11) is 0. The molecule has 0 aliphatic carbocycles. The van der Waals surface area contributed by atoms with E-state index in [1.807, 2.05) is 18.2 Å². The fraction of sp³-hybridized carbons (Fsp3) is 0. The average Bonchev–Trinajstić information content (AvgIpc) is 3.86. The van der Waals surface area contributed by atoms with Gasteiger partial charge >= 0.3 is 0 Å². The number of thiophene rings is 1. The van der Waals surface area contributed by atoms with Gasteiger partial charge in [0, 0.05) is 49.0 Å². The predicted octanol–water partition coefficient (Wildman–Crippen LogP) is 14.9. The first-order valence-corrected chi connectivity index (χ1v) is 19.9. The van der Waals surface area contributed by atoms with Crippen molar-refractivity contribution < 1.29 is 4.42 Å². The first-order chi connectivity index (χ1) is 28.2. The third-order valence-corrected chi connectivity index (χ3v) is 11.9. The van der Waals surface area contributed by atoms with Gasteiger partial charge in [0.05, 0.1) is 15.9 Å². The Balaban J connectivity index is 0.938. The van der Waals surface area contributed by atoms with Crippen LogP contribution in [0.4, 0.5) is 17.1 Å². The summed E-state index contributed by atoms with van der Waals surface area (Å²) in [6, 6.07) is 70.1. The molecule has 0 N–H and O–H groups in total. The van der Waals surface area contributed by atoms with E-state index < -0.39 is 0 Å². The zero-order chi connectivity index (χ0) is 37.7. The van der Waals surface area contributed by atoms with Crippen LogP contribution in [0.15, 0.2) is 205 Å². The van der Waals surface area contributed by atoms with E-state index in [0.717, 1.165) is 99.5 Å². The van der Waals surface area contributed by atoms with Crippen molar-refractivity contribution in [3.63, 3.8) is 0 Å². The maximum atomic E-state index is 6.54. The monoisotopic (exact) mass is 747 g/mol. The highest BCUT2D eigenvalue weighted by molar-refractivity contribution is 7.26. The third-order valence-electron chi connectivity index (χ3n) is 10.7. The largest absolute Gasteiger partial charge is 0.456 e. The van der Waals surface area contributed by atoms with Gasteiger partial charge in [0.2, 0.25) is 0 Å². The van der Waals surface area contributed by atoms with Crippen molar-refractivity contribution >= 4 is 70.6 Å². The second kappa shape index (κ2) is 13.7. The Hall–Kier alpha value is -7.34. The highest BCUT2D eigenvalue weighted by atomic mass is 32.1. The number of aromatic nitrogens is 2. The van der Waals surface area contributed by atoms with Crippen LogP contribution in [0.25, 0.3) is 87.1 Å². The van der Waals surface area contributed by atoms with Crippen molar-refractivity contribution in [1.82, 2.24) is 9.97 Å². The molecular weight excluding hydrogens is 715 g/mol. The Morgan fingerprint density at radius 3 is 1.77 bits per heavy atom. The number of furan rings is 1. The molecule has 0 radical (unpaired) electrons. The summed E-state index contributed by atoms with van der Waals surface area (Å²) in [5.41, 5.74) is 13.6. The first-order valence-electron chi connectivity index (χ1n) is 19.1. The molecule has 3 aromatic heterocycles. The molecule has 0 amide bonds. The summed E-state index contributed by atoms with van der Waals surface area (Å²) in [5, 5.41) is 3.36. The summed E-state index contributed by atoms with van der Waals surface area (Å²) in [6.45, 7) is 0. The molecule has 0 saturated heterocycles. The lowest BCUT2D eigenvalue weighted by Crippen LogP contribution is -2.09. The molecule has 8 aromatic carbocycles. The molecule has 268 valence electrons. The van der Waals surface area contributed by atoms with Gasteiger partial charge in [-0.3, -0.25) is 0 Å². The standard InChI is InChI=1S/C52H33N3OS/c1-4-13-36(14-5-1)49-51-50(44-19-10-11-22-47(44)57-51)54-52(53-49)37-25-23-35(24-26-37)42-20-12-21-45-48(42)43-32-29-38(33-46(43)56-45)34-27-30-41(31-28-34)55(39-15-6-2-7-16-39)40-17-8-3-9-18-40/h1-33H. The van der Waals surface area contributed by atoms with Crippen LogP contribution < -0.4 is 4.90 Å². The molecule has 5 heteroatoms. The summed E-state index contributed by atoms with van der Waals surface area (Å²) in [6.07, 6.45) is 0. The molecule has 0 aliphatic heterocycles. The number of benzene rings is 8. The van der Waals surface area contributed by atoms with Crippen molar-refractivity contribution in [2.45, 2.75) is 0 Å². The molecule has 11 aromatic rings. The fourth-order valence-corrected chi connectivity index (χ4v) is 9.11. The van der Waals surface area contributed by atoms with E-state index in [2.05, 4.69) is 187 Å². The van der Waals surface area contributed by atoms with Crippen molar-refractivity contribution in [1.29, 1.82) is 0 Å². The van der Waals surface area contributed by atoms with Gasteiger partial charge in [-0.05, 0) is 82.9 Å². The number of nitrogens with zero attached hydrogens (tertiary/aromatic N) is 3. The van der Waals surface area contributed by atoms with Crippen molar-refractivity contribution in [3.8, 4) is 44.9 Å². The van der Waals surface area contributed by atoms with Gasteiger partial charge in [0.25, 0.3) is 0 Å². The van der Waals surface area contributed by atoms with Gasteiger partial charge in [0.1, 0.15) is 11.2 Å². The normalized spacial score (nSPS) is 11.5. The minimum atomic E-state index is 0.719. The smallest absolute Gasteiger partial charge is 0.160 e. The van der Waals surface area contributed by atoms with Crippen LogP contribution >= 0.6 is 11.3 Å². The van der Waals surface area contributed by atoms with Crippen molar-refractivity contribution in [2.75, 3.05) is 4.90 Å². The molecule has 0 saturated carbocycles. The van der Waals surface area contributed by atoms with Crippen LogP contribution in [0.5, 0.6) is 0 Å². The van der Waals surface area contributed by atoms with E-state index in [0.29, 0.717) is 0 Å². The predicted molar refractivity (Wildman–Crippen MR) is 239 cm³/mol. The van der Waals surface area contributed by atoms with E-state index in [-0.39, 0.29) is 0 Å². The van der Waals surface area contributed by atoms with E-state index in [9.17, 15) is 0 Å². The Labute approximate surface area is 333 Å². The van der Waals surface area contributed by atoms with Crippen LogP contribution in [-0.2, 0) is 0 Å². The number of hydrogen-bond acceptors (Lipinski definition) is 5. The maximum absolute atomic E-state index is 6.54. The molecule has 0 unspecified atom stereocenters. The zero-order valence-corrected chi connectivity index (χ0v) is 31.5. The highest BCUT2D eigenvalue weighted by Gasteiger charge is 2.18. The molecule has 11 rings (SSSR count). The minimum Gasteiger partial charge on any atom is -0.456 e. The van der Waals surface area contributed by atoms with Crippen LogP contribution in [0.2, 0.25) is 0 Å².